The smallest absolute Gasteiger partial charge is 0.293 e. The molecule has 102 valence electrons. The molecule has 0 spiro atoms. The van der Waals surface area contributed by atoms with E-state index in [4.69, 9.17) is 0 Å². The lowest BCUT2D eigenvalue weighted by molar-refractivity contribution is -0.128. The highest BCUT2D eigenvalue weighted by molar-refractivity contribution is 7.92. The number of hydrogen-bond donors (Lipinski definition) is 2. The summed E-state index contributed by atoms with van der Waals surface area (Å²) in [4.78, 5) is 13.2. The normalized spacial score (nSPS) is 11.4. The van der Waals surface area contributed by atoms with Gasteiger partial charge in [0.2, 0.25) is 10.0 Å². The first-order chi connectivity index (χ1) is 8.99. The Kier molecular flexibility index (Phi) is 3.75. The van der Waals surface area contributed by atoms with Gasteiger partial charge in [-0.15, -0.1) is 0 Å². The van der Waals surface area contributed by atoms with Gasteiger partial charge in [-0.25, -0.2) is 8.42 Å². The number of ether oxygens (including phenoxy) is 1. The van der Waals surface area contributed by atoms with E-state index in [1.165, 1.54) is 0 Å². The molecule has 2 aromatic rings. The van der Waals surface area contributed by atoms with Crippen LogP contribution in [0.25, 0.3) is 10.9 Å². The van der Waals surface area contributed by atoms with E-state index in [2.05, 4.69) is 14.4 Å². The van der Waals surface area contributed by atoms with Crippen LogP contribution < -0.4 is 4.72 Å². The molecular weight excluding hydrogens is 268 g/mol. The predicted molar refractivity (Wildman–Crippen MR) is 72.5 cm³/mol. The Hall–Kier alpha value is -2.02. The van der Waals surface area contributed by atoms with Crippen molar-refractivity contribution in [2.24, 2.45) is 0 Å². The Balaban J connectivity index is 2.31. The molecule has 0 unspecified atom stereocenters. The maximum absolute atomic E-state index is 11.3. The number of aromatic nitrogens is 1. The molecule has 0 amide bonds. The van der Waals surface area contributed by atoms with Crippen molar-refractivity contribution in [3.8, 4) is 0 Å². The molecule has 6 nitrogen and oxygen atoms in total. The van der Waals surface area contributed by atoms with Crippen LogP contribution in [0.5, 0.6) is 0 Å². The second-order valence-electron chi connectivity index (χ2n) is 4.15. The molecule has 19 heavy (non-hydrogen) atoms. The number of H-pyrrole nitrogens is 1. The Morgan fingerprint density at radius 3 is 2.89 bits per heavy atom. The van der Waals surface area contributed by atoms with Crippen molar-refractivity contribution in [2.75, 3.05) is 17.6 Å². The number of nitrogens with one attached hydrogen (secondary N) is 2. The summed E-state index contributed by atoms with van der Waals surface area (Å²) in [5.74, 6) is 0. The fraction of sp³-hybridized carbons (Fsp3) is 0.250. The molecule has 0 aliphatic rings. The van der Waals surface area contributed by atoms with Crippen LogP contribution in [0.4, 0.5) is 5.69 Å². The molecule has 2 rings (SSSR count). The SMILES string of the molecule is CS(=O)(=O)Nc1cccc2[nH]c(CCOC=O)cc12. The quantitative estimate of drug-likeness (QED) is 0.616. The molecule has 0 atom stereocenters. The molecule has 0 bridgehead atoms. The summed E-state index contributed by atoms with van der Waals surface area (Å²) >= 11 is 0. The molecule has 1 heterocycles. The Morgan fingerprint density at radius 2 is 2.21 bits per heavy atom. The van der Waals surface area contributed by atoms with Crippen LogP contribution in [0.3, 0.4) is 0 Å². The first-order valence-corrected chi connectivity index (χ1v) is 7.52. The standard InChI is InChI=1S/C12H14N2O4S/c1-19(16,17)14-12-4-2-3-11-10(12)7-9(13-11)5-6-18-8-15/h2-4,7-8,13-14H,5-6H2,1H3. The predicted octanol–water partition coefficient (Wildman–Crippen LogP) is 1.25. The zero-order chi connectivity index (χ0) is 13.9. The third kappa shape index (κ3) is 3.47. The van der Waals surface area contributed by atoms with Crippen LogP contribution >= 0.6 is 0 Å². The van der Waals surface area contributed by atoms with Crippen molar-refractivity contribution in [3.05, 3.63) is 30.0 Å². The molecule has 0 saturated heterocycles. The van der Waals surface area contributed by atoms with E-state index in [1.807, 2.05) is 12.1 Å². The van der Waals surface area contributed by atoms with Gasteiger partial charge < -0.3 is 9.72 Å². The number of hydrogen-bond acceptors (Lipinski definition) is 4. The molecule has 2 N–H and O–H groups in total. The lowest BCUT2D eigenvalue weighted by Gasteiger charge is -2.04. The average Bonchev–Trinajstić information content (AvgIpc) is 2.71. The molecule has 0 fully saturated rings. The molecule has 0 aliphatic carbocycles. The topological polar surface area (TPSA) is 88.3 Å². The number of sulfonamides is 1. The number of aromatic amines is 1. The van der Waals surface area contributed by atoms with Crippen molar-refractivity contribution < 1.29 is 17.9 Å². The van der Waals surface area contributed by atoms with Gasteiger partial charge in [0.25, 0.3) is 6.47 Å². The summed E-state index contributed by atoms with van der Waals surface area (Å²) in [6, 6.07) is 7.16. The number of carbonyl (C=O) groups is 1. The van der Waals surface area contributed by atoms with E-state index in [0.29, 0.717) is 18.6 Å². The summed E-state index contributed by atoms with van der Waals surface area (Å²) in [7, 11) is -3.32. The van der Waals surface area contributed by atoms with Crippen molar-refractivity contribution in [2.45, 2.75) is 6.42 Å². The molecular formula is C12H14N2O4S. The third-order valence-corrected chi connectivity index (χ3v) is 3.16. The van der Waals surface area contributed by atoms with Crippen molar-refractivity contribution in [1.29, 1.82) is 0 Å². The Bertz CT molecular complexity index is 691. The van der Waals surface area contributed by atoms with Gasteiger partial charge in [0, 0.05) is 23.0 Å². The van der Waals surface area contributed by atoms with E-state index in [-0.39, 0.29) is 6.61 Å². The molecule has 1 aromatic carbocycles. The number of carbonyl (C=O) groups excluding carboxylic acids is 1. The highest BCUT2D eigenvalue weighted by Crippen LogP contribution is 2.25. The molecule has 1 aromatic heterocycles. The Morgan fingerprint density at radius 1 is 1.42 bits per heavy atom. The van der Waals surface area contributed by atoms with Crippen LogP contribution in [-0.4, -0.2) is 32.7 Å². The van der Waals surface area contributed by atoms with E-state index in [9.17, 15) is 13.2 Å². The van der Waals surface area contributed by atoms with E-state index in [0.717, 1.165) is 22.9 Å². The molecule has 0 aliphatic heterocycles. The number of benzene rings is 1. The van der Waals surface area contributed by atoms with Crippen molar-refractivity contribution in [3.63, 3.8) is 0 Å². The molecule has 0 saturated carbocycles. The monoisotopic (exact) mass is 282 g/mol. The first kappa shape index (κ1) is 13.4. The summed E-state index contributed by atoms with van der Waals surface area (Å²) in [5.41, 5.74) is 2.23. The second-order valence-corrected chi connectivity index (χ2v) is 5.90. The van der Waals surface area contributed by atoms with Gasteiger partial charge >= 0.3 is 0 Å². The van der Waals surface area contributed by atoms with Crippen LogP contribution in [0.1, 0.15) is 5.69 Å². The van der Waals surface area contributed by atoms with Gasteiger partial charge in [-0.3, -0.25) is 9.52 Å². The van der Waals surface area contributed by atoms with Gasteiger partial charge in [-0.2, -0.15) is 0 Å². The van der Waals surface area contributed by atoms with E-state index < -0.39 is 10.0 Å². The van der Waals surface area contributed by atoms with Gasteiger partial charge in [-0.05, 0) is 18.2 Å². The minimum absolute atomic E-state index is 0.283. The summed E-state index contributed by atoms with van der Waals surface area (Å²) in [5, 5.41) is 0.786. The summed E-state index contributed by atoms with van der Waals surface area (Å²) in [6.45, 7) is 0.685. The zero-order valence-corrected chi connectivity index (χ0v) is 11.2. The summed E-state index contributed by atoms with van der Waals surface area (Å²) < 4.78 is 29.7. The molecule has 7 heteroatoms. The number of fused-ring (bicyclic) bond motifs is 1. The fourth-order valence-electron chi connectivity index (χ4n) is 1.85. The number of rotatable bonds is 6. The number of anilines is 1. The lowest BCUT2D eigenvalue weighted by Crippen LogP contribution is -2.09. The minimum atomic E-state index is -3.32. The Labute approximate surface area is 110 Å². The van der Waals surface area contributed by atoms with E-state index in [1.54, 1.807) is 12.1 Å². The third-order valence-electron chi connectivity index (χ3n) is 2.57. The van der Waals surface area contributed by atoms with Crippen LogP contribution in [-0.2, 0) is 26.0 Å². The van der Waals surface area contributed by atoms with Crippen LogP contribution in [0.15, 0.2) is 24.3 Å². The van der Waals surface area contributed by atoms with Crippen molar-refractivity contribution in [1.82, 2.24) is 4.98 Å². The van der Waals surface area contributed by atoms with Gasteiger partial charge in [0.05, 0.1) is 18.6 Å². The summed E-state index contributed by atoms with van der Waals surface area (Å²) in [6.07, 6.45) is 1.66. The van der Waals surface area contributed by atoms with Crippen LogP contribution in [0, 0.1) is 0 Å². The fourth-order valence-corrected chi connectivity index (χ4v) is 2.43. The van der Waals surface area contributed by atoms with Gasteiger partial charge in [-0.1, -0.05) is 6.07 Å². The maximum Gasteiger partial charge on any atom is 0.293 e. The lowest BCUT2D eigenvalue weighted by atomic mass is 10.2. The van der Waals surface area contributed by atoms with Crippen LogP contribution in [0.2, 0.25) is 0 Å². The van der Waals surface area contributed by atoms with Crippen molar-refractivity contribution >= 4 is 33.1 Å². The highest BCUT2D eigenvalue weighted by atomic mass is 32.2. The largest absolute Gasteiger partial charge is 0.467 e. The maximum atomic E-state index is 11.3. The van der Waals surface area contributed by atoms with Gasteiger partial charge in [0.15, 0.2) is 0 Å². The zero-order valence-electron chi connectivity index (χ0n) is 10.3. The minimum Gasteiger partial charge on any atom is -0.467 e. The van der Waals surface area contributed by atoms with E-state index >= 15 is 0 Å². The second kappa shape index (κ2) is 5.31. The van der Waals surface area contributed by atoms with Gasteiger partial charge in [0.1, 0.15) is 0 Å². The molecule has 0 radical (unpaired) electrons. The average molecular weight is 282 g/mol. The first-order valence-electron chi connectivity index (χ1n) is 5.63. The highest BCUT2D eigenvalue weighted by Gasteiger charge is 2.08.